The maximum atomic E-state index is 12.4. The number of rotatable bonds is 3. The molecule has 2 heterocycles. The van der Waals surface area contributed by atoms with E-state index in [9.17, 15) is 4.79 Å². The lowest BCUT2D eigenvalue weighted by molar-refractivity contribution is 0.103. The molecule has 0 spiro atoms. The standard InChI is InChI=1S/C18H16N2OS2/c1-11-5-7-12(8-6-11)14-10-22-18(19-14)20-17(21)16-9-13-3-2-4-15(13)23-16/h5-10H,2-4H2,1H3,(H,19,20,21). The maximum Gasteiger partial charge on any atom is 0.267 e. The lowest BCUT2D eigenvalue weighted by Crippen LogP contribution is -2.09. The number of thiophene rings is 1. The molecule has 23 heavy (non-hydrogen) atoms. The van der Waals surface area contributed by atoms with E-state index in [4.69, 9.17) is 0 Å². The fourth-order valence-corrected chi connectivity index (χ4v) is 4.65. The molecule has 1 aromatic carbocycles. The SMILES string of the molecule is Cc1ccc(-c2csc(NC(=O)c3cc4c(s3)CCC4)n2)cc1. The van der Waals surface area contributed by atoms with E-state index < -0.39 is 0 Å². The summed E-state index contributed by atoms with van der Waals surface area (Å²) in [5.41, 5.74) is 4.55. The number of aromatic nitrogens is 1. The van der Waals surface area contributed by atoms with Gasteiger partial charge in [-0.1, -0.05) is 29.8 Å². The van der Waals surface area contributed by atoms with Crippen LogP contribution in [0.25, 0.3) is 11.3 Å². The molecule has 3 aromatic rings. The fraction of sp³-hybridized carbons (Fsp3) is 0.222. The van der Waals surface area contributed by atoms with Crippen molar-refractivity contribution >= 4 is 33.7 Å². The third kappa shape index (κ3) is 2.94. The number of benzene rings is 1. The summed E-state index contributed by atoms with van der Waals surface area (Å²) >= 11 is 3.08. The number of carbonyl (C=O) groups is 1. The van der Waals surface area contributed by atoms with E-state index in [1.165, 1.54) is 33.8 Å². The topological polar surface area (TPSA) is 42.0 Å². The minimum atomic E-state index is -0.0470. The Labute approximate surface area is 143 Å². The van der Waals surface area contributed by atoms with Gasteiger partial charge in [0.05, 0.1) is 10.6 Å². The Morgan fingerprint density at radius 3 is 2.83 bits per heavy atom. The van der Waals surface area contributed by atoms with Crippen LogP contribution < -0.4 is 5.32 Å². The molecule has 116 valence electrons. The van der Waals surface area contributed by atoms with Crippen LogP contribution in [0.5, 0.6) is 0 Å². The normalized spacial score (nSPS) is 13.1. The summed E-state index contributed by atoms with van der Waals surface area (Å²) in [6, 6.07) is 10.3. The van der Waals surface area contributed by atoms with E-state index in [-0.39, 0.29) is 5.91 Å². The first-order chi connectivity index (χ1) is 11.2. The number of hydrogen-bond donors (Lipinski definition) is 1. The smallest absolute Gasteiger partial charge is 0.267 e. The van der Waals surface area contributed by atoms with E-state index in [0.717, 1.165) is 29.0 Å². The maximum absolute atomic E-state index is 12.4. The summed E-state index contributed by atoms with van der Waals surface area (Å²) in [7, 11) is 0. The average Bonchev–Trinajstić information content (AvgIpc) is 3.22. The second-order valence-corrected chi connectivity index (χ2v) is 7.77. The van der Waals surface area contributed by atoms with Gasteiger partial charge in [-0.2, -0.15) is 0 Å². The zero-order valence-corrected chi connectivity index (χ0v) is 14.4. The highest BCUT2D eigenvalue weighted by molar-refractivity contribution is 7.15. The van der Waals surface area contributed by atoms with Gasteiger partial charge in [0.1, 0.15) is 0 Å². The highest BCUT2D eigenvalue weighted by Crippen LogP contribution is 2.31. The summed E-state index contributed by atoms with van der Waals surface area (Å²) in [5.74, 6) is -0.0470. The van der Waals surface area contributed by atoms with Gasteiger partial charge in [-0.15, -0.1) is 22.7 Å². The van der Waals surface area contributed by atoms with Gasteiger partial charge in [0.15, 0.2) is 5.13 Å². The molecule has 3 nitrogen and oxygen atoms in total. The van der Waals surface area contributed by atoms with Gasteiger partial charge in [0, 0.05) is 15.8 Å². The molecule has 4 rings (SSSR count). The van der Waals surface area contributed by atoms with Crippen molar-refractivity contribution in [1.82, 2.24) is 4.98 Å². The van der Waals surface area contributed by atoms with E-state index in [1.807, 2.05) is 11.4 Å². The van der Waals surface area contributed by atoms with E-state index >= 15 is 0 Å². The zero-order valence-electron chi connectivity index (χ0n) is 12.8. The Bertz CT molecular complexity index is 840. The van der Waals surface area contributed by atoms with Gasteiger partial charge in [0.25, 0.3) is 5.91 Å². The first kappa shape index (κ1) is 14.6. The van der Waals surface area contributed by atoms with E-state index in [0.29, 0.717) is 5.13 Å². The van der Waals surface area contributed by atoms with Crippen molar-refractivity contribution < 1.29 is 4.79 Å². The number of amides is 1. The second kappa shape index (κ2) is 5.91. The quantitative estimate of drug-likeness (QED) is 0.735. The molecule has 0 radical (unpaired) electrons. The Morgan fingerprint density at radius 2 is 2.04 bits per heavy atom. The van der Waals surface area contributed by atoms with Crippen molar-refractivity contribution in [2.24, 2.45) is 0 Å². The molecule has 2 aromatic heterocycles. The Morgan fingerprint density at radius 1 is 1.22 bits per heavy atom. The van der Waals surface area contributed by atoms with Crippen LogP contribution in [0.4, 0.5) is 5.13 Å². The number of aryl methyl sites for hydroxylation is 3. The van der Waals surface area contributed by atoms with Crippen LogP contribution in [0.15, 0.2) is 35.7 Å². The average molecular weight is 340 g/mol. The summed E-state index contributed by atoms with van der Waals surface area (Å²) in [5, 5.41) is 5.56. The number of carbonyl (C=O) groups excluding carboxylic acids is 1. The summed E-state index contributed by atoms with van der Waals surface area (Å²) < 4.78 is 0. The first-order valence-corrected chi connectivity index (χ1v) is 9.34. The van der Waals surface area contributed by atoms with Crippen LogP contribution in [0, 0.1) is 6.92 Å². The number of thiazole rings is 1. The molecule has 1 amide bonds. The van der Waals surface area contributed by atoms with Crippen LogP contribution >= 0.6 is 22.7 Å². The summed E-state index contributed by atoms with van der Waals surface area (Å²) in [4.78, 5) is 19.1. The Hall–Kier alpha value is -1.98. The van der Waals surface area contributed by atoms with Gasteiger partial charge in [-0.25, -0.2) is 4.98 Å². The number of hydrogen-bond acceptors (Lipinski definition) is 4. The molecule has 1 N–H and O–H groups in total. The second-order valence-electron chi connectivity index (χ2n) is 5.77. The number of anilines is 1. The lowest BCUT2D eigenvalue weighted by atomic mass is 10.1. The Kier molecular flexibility index (Phi) is 3.75. The third-order valence-electron chi connectivity index (χ3n) is 4.04. The molecular formula is C18H16N2OS2. The predicted octanol–water partition coefficient (Wildman–Crippen LogP) is 4.92. The molecule has 0 fully saturated rings. The minimum absolute atomic E-state index is 0.0470. The molecule has 0 saturated heterocycles. The third-order valence-corrected chi connectivity index (χ3v) is 6.04. The monoisotopic (exact) mass is 340 g/mol. The molecule has 0 atom stereocenters. The molecule has 1 aliphatic carbocycles. The molecule has 0 aliphatic heterocycles. The van der Waals surface area contributed by atoms with Crippen molar-refractivity contribution in [2.75, 3.05) is 5.32 Å². The van der Waals surface area contributed by atoms with Crippen LogP contribution in [0.2, 0.25) is 0 Å². The molecule has 0 saturated carbocycles. The molecule has 0 unspecified atom stereocenters. The first-order valence-electron chi connectivity index (χ1n) is 7.64. The van der Waals surface area contributed by atoms with Crippen molar-refractivity contribution in [1.29, 1.82) is 0 Å². The van der Waals surface area contributed by atoms with Crippen molar-refractivity contribution in [3.63, 3.8) is 0 Å². The van der Waals surface area contributed by atoms with Gasteiger partial charge in [-0.05, 0) is 37.8 Å². The number of fused-ring (bicyclic) bond motifs is 1. The van der Waals surface area contributed by atoms with Crippen LogP contribution in [-0.2, 0) is 12.8 Å². The zero-order chi connectivity index (χ0) is 15.8. The fourth-order valence-electron chi connectivity index (χ4n) is 2.79. The van der Waals surface area contributed by atoms with Crippen molar-refractivity contribution in [2.45, 2.75) is 26.2 Å². The minimum Gasteiger partial charge on any atom is -0.297 e. The number of nitrogens with zero attached hydrogens (tertiary/aromatic N) is 1. The van der Waals surface area contributed by atoms with E-state index in [1.54, 1.807) is 11.3 Å². The molecule has 0 bridgehead atoms. The molecular weight excluding hydrogens is 324 g/mol. The molecule has 1 aliphatic rings. The molecule has 5 heteroatoms. The summed E-state index contributed by atoms with van der Waals surface area (Å²) in [6.45, 7) is 2.06. The van der Waals surface area contributed by atoms with Gasteiger partial charge in [-0.3, -0.25) is 10.1 Å². The van der Waals surface area contributed by atoms with Gasteiger partial charge < -0.3 is 0 Å². The van der Waals surface area contributed by atoms with E-state index in [2.05, 4.69) is 41.5 Å². The van der Waals surface area contributed by atoms with Crippen molar-refractivity contribution in [3.8, 4) is 11.3 Å². The van der Waals surface area contributed by atoms with Gasteiger partial charge in [0.2, 0.25) is 0 Å². The highest BCUT2D eigenvalue weighted by atomic mass is 32.1. The van der Waals surface area contributed by atoms with Gasteiger partial charge >= 0.3 is 0 Å². The van der Waals surface area contributed by atoms with Crippen LogP contribution in [0.1, 0.15) is 32.1 Å². The van der Waals surface area contributed by atoms with Crippen molar-refractivity contribution in [3.05, 3.63) is 56.6 Å². The summed E-state index contributed by atoms with van der Waals surface area (Å²) in [6.07, 6.45) is 3.44. The highest BCUT2D eigenvalue weighted by Gasteiger charge is 2.19. The number of nitrogens with one attached hydrogen (secondary N) is 1. The predicted molar refractivity (Wildman–Crippen MR) is 96.6 cm³/mol. The lowest BCUT2D eigenvalue weighted by Gasteiger charge is -1.99. The largest absolute Gasteiger partial charge is 0.297 e. The van der Waals surface area contributed by atoms with Crippen LogP contribution in [-0.4, -0.2) is 10.9 Å². The van der Waals surface area contributed by atoms with Crippen LogP contribution in [0.3, 0.4) is 0 Å². The Balaban J connectivity index is 1.50.